The van der Waals surface area contributed by atoms with Gasteiger partial charge in [-0.3, -0.25) is 9.00 Å². The van der Waals surface area contributed by atoms with Crippen LogP contribution in [-0.2, 0) is 15.6 Å². The van der Waals surface area contributed by atoms with E-state index in [2.05, 4.69) is 5.32 Å². The molecule has 1 atom stereocenters. The number of carbonyl (C=O) groups excluding carboxylic acids is 1. The second-order valence-corrected chi connectivity index (χ2v) is 6.17. The fourth-order valence-corrected chi connectivity index (χ4v) is 2.64. The molecule has 0 fully saturated rings. The predicted molar refractivity (Wildman–Crippen MR) is 82.3 cm³/mol. The van der Waals surface area contributed by atoms with Crippen LogP contribution in [0.5, 0.6) is 0 Å². The fraction of sp³-hybridized carbons (Fsp3) is 0.188. The molecule has 0 saturated carbocycles. The maximum Gasteiger partial charge on any atom is 0.237 e. The lowest BCUT2D eigenvalue weighted by Gasteiger charge is -2.06. The molecule has 2 aromatic carbocycles. The van der Waals surface area contributed by atoms with Crippen molar-refractivity contribution >= 4 is 22.4 Å². The van der Waals surface area contributed by atoms with E-state index in [-0.39, 0.29) is 11.7 Å². The van der Waals surface area contributed by atoms with Crippen LogP contribution >= 0.6 is 0 Å². The third kappa shape index (κ3) is 4.03. The summed E-state index contributed by atoms with van der Waals surface area (Å²) in [5, 5.41) is 2.75. The van der Waals surface area contributed by atoms with E-state index in [0.29, 0.717) is 4.90 Å². The summed E-state index contributed by atoms with van der Waals surface area (Å²) in [6.45, 7) is 3.95. The Labute approximate surface area is 121 Å². The van der Waals surface area contributed by atoms with Crippen LogP contribution in [-0.4, -0.2) is 15.9 Å². The Morgan fingerprint density at radius 3 is 2.00 bits per heavy atom. The maximum absolute atomic E-state index is 12.1. The van der Waals surface area contributed by atoms with Crippen molar-refractivity contribution in [3.05, 3.63) is 59.7 Å². The van der Waals surface area contributed by atoms with Gasteiger partial charge >= 0.3 is 0 Å². The Bertz CT molecular complexity index is 618. The van der Waals surface area contributed by atoms with E-state index in [1.165, 1.54) is 0 Å². The Kier molecular flexibility index (Phi) is 4.69. The van der Waals surface area contributed by atoms with Crippen molar-refractivity contribution in [2.24, 2.45) is 0 Å². The summed E-state index contributed by atoms with van der Waals surface area (Å²) < 4.78 is 12.1. The number of hydrogen-bond donors (Lipinski definition) is 1. The van der Waals surface area contributed by atoms with Crippen molar-refractivity contribution in [3.8, 4) is 0 Å². The molecule has 0 aromatic heterocycles. The summed E-state index contributed by atoms with van der Waals surface area (Å²) in [5.41, 5.74) is 2.96. The third-order valence-electron chi connectivity index (χ3n) is 2.88. The molecule has 1 N–H and O–H groups in total. The highest BCUT2D eigenvalue weighted by atomic mass is 32.2. The van der Waals surface area contributed by atoms with E-state index in [1.807, 2.05) is 50.2 Å². The summed E-state index contributed by atoms with van der Waals surface area (Å²) in [5.74, 6) is -0.274. The molecule has 0 bridgehead atoms. The third-order valence-corrected chi connectivity index (χ3v) is 4.20. The summed E-state index contributed by atoms with van der Waals surface area (Å²) in [7, 11) is -1.31. The number of anilines is 1. The average molecular weight is 287 g/mol. The van der Waals surface area contributed by atoms with E-state index in [0.717, 1.165) is 16.8 Å². The lowest BCUT2D eigenvalue weighted by atomic mass is 10.2. The zero-order chi connectivity index (χ0) is 14.5. The first-order chi connectivity index (χ1) is 9.54. The van der Waals surface area contributed by atoms with Crippen LogP contribution in [0, 0.1) is 13.8 Å². The van der Waals surface area contributed by atoms with Gasteiger partial charge in [0.15, 0.2) is 0 Å². The van der Waals surface area contributed by atoms with Crippen LogP contribution in [0.25, 0.3) is 0 Å². The van der Waals surface area contributed by atoms with Gasteiger partial charge in [0, 0.05) is 10.6 Å². The van der Waals surface area contributed by atoms with E-state index < -0.39 is 10.8 Å². The molecule has 2 rings (SSSR count). The zero-order valence-corrected chi connectivity index (χ0v) is 12.4. The number of amides is 1. The molecular weight excluding hydrogens is 270 g/mol. The second-order valence-electron chi connectivity index (χ2n) is 4.72. The molecule has 0 spiro atoms. The smallest absolute Gasteiger partial charge is 0.237 e. The van der Waals surface area contributed by atoms with Gasteiger partial charge in [0.1, 0.15) is 5.75 Å². The molecule has 104 valence electrons. The normalized spacial score (nSPS) is 11.9. The molecule has 1 unspecified atom stereocenters. The van der Waals surface area contributed by atoms with Gasteiger partial charge in [0.25, 0.3) is 0 Å². The van der Waals surface area contributed by atoms with Gasteiger partial charge in [-0.1, -0.05) is 35.4 Å². The number of aryl methyl sites for hydroxylation is 2. The van der Waals surface area contributed by atoms with Crippen molar-refractivity contribution in [2.45, 2.75) is 18.7 Å². The lowest BCUT2D eigenvalue weighted by Crippen LogP contribution is -2.19. The summed E-state index contributed by atoms with van der Waals surface area (Å²) in [4.78, 5) is 12.5. The highest BCUT2D eigenvalue weighted by Crippen LogP contribution is 2.11. The van der Waals surface area contributed by atoms with E-state index >= 15 is 0 Å². The van der Waals surface area contributed by atoms with Gasteiger partial charge in [-0.15, -0.1) is 0 Å². The number of nitrogens with one attached hydrogen (secondary N) is 1. The first kappa shape index (κ1) is 14.5. The number of carbonyl (C=O) groups is 1. The first-order valence-corrected chi connectivity index (χ1v) is 7.68. The van der Waals surface area contributed by atoms with Gasteiger partial charge < -0.3 is 5.32 Å². The van der Waals surface area contributed by atoms with Crippen LogP contribution < -0.4 is 5.32 Å². The molecule has 3 nitrogen and oxygen atoms in total. The number of benzene rings is 2. The Hall–Kier alpha value is -1.94. The van der Waals surface area contributed by atoms with Crippen molar-refractivity contribution in [1.82, 2.24) is 0 Å². The monoisotopic (exact) mass is 287 g/mol. The van der Waals surface area contributed by atoms with E-state index in [4.69, 9.17) is 0 Å². The molecule has 0 radical (unpaired) electrons. The Balaban J connectivity index is 1.95. The molecule has 2 aromatic rings. The molecule has 4 heteroatoms. The molecule has 0 heterocycles. The van der Waals surface area contributed by atoms with Crippen molar-refractivity contribution in [3.63, 3.8) is 0 Å². The number of rotatable bonds is 4. The summed E-state index contributed by atoms with van der Waals surface area (Å²) in [6.07, 6.45) is 0. The molecule has 0 aliphatic heterocycles. The molecule has 0 saturated heterocycles. The second kappa shape index (κ2) is 6.48. The van der Waals surface area contributed by atoms with E-state index in [1.54, 1.807) is 12.1 Å². The standard InChI is InChI=1S/C16H17NO2S/c1-12-3-7-14(8-4-12)17-16(18)11-20(19)15-9-5-13(2)6-10-15/h3-10H,11H2,1-2H3,(H,17,18). The zero-order valence-electron chi connectivity index (χ0n) is 11.6. The topological polar surface area (TPSA) is 46.2 Å². The molecule has 1 amide bonds. The van der Waals surface area contributed by atoms with Gasteiger partial charge in [0.05, 0.1) is 10.8 Å². The number of hydrogen-bond acceptors (Lipinski definition) is 2. The van der Waals surface area contributed by atoms with Crippen LogP contribution in [0.15, 0.2) is 53.4 Å². The first-order valence-electron chi connectivity index (χ1n) is 6.36. The SMILES string of the molecule is Cc1ccc(NC(=O)CS(=O)c2ccc(C)cc2)cc1. The van der Waals surface area contributed by atoms with Crippen LogP contribution in [0.2, 0.25) is 0 Å². The lowest BCUT2D eigenvalue weighted by molar-refractivity contribution is -0.113. The quantitative estimate of drug-likeness (QED) is 0.939. The highest BCUT2D eigenvalue weighted by Gasteiger charge is 2.10. The van der Waals surface area contributed by atoms with Gasteiger partial charge in [-0.2, -0.15) is 0 Å². The van der Waals surface area contributed by atoms with Crippen molar-refractivity contribution < 1.29 is 9.00 Å². The fourth-order valence-electron chi connectivity index (χ4n) is 1.73. The molecule has 0 aliphatic rings. The Morgan fingerprint density at radius 1 is 0.950 bits per heavy atom. The highest BCUT2D eigenvalue weighted by molar-refractivity contribution is 7.85. The molecule has 0 aliphatic carbocycles. The molecular formula is C16H17NO2S. The largest absolute Gasteiger partial charge is 0.325 e. The van der Waals surface area contributed by atoms with Crippen molar-refractivity contribution in [2.75, 3.05) is 11.1 Å². The predicted octanol–water partition coefficient (Wildman–Crippen LogP) is 3.05. The minimum Gasteiger partial charge on any atom is -0.325 e. The Morgan fingerprint density at radius 2 is 1.45 bits per heavy atom. The van der Waals surface area contributed by atoms with E-state index in [9.17, 15) is 9.00 Å². The van der Waals surface area contributed by atoms with Gasteiger partial charge in [-0.05, 0) is 38.1 Å². The van der Waals surface area contributed by atoms with Crippen molar-refractivity contribution in [1.29, 1.82) is 0 Å². The van der Waals surface area contributed by atoms with Crippen LogP contribution in [0.4, 0.5) is 5.69 Å². The van der Waals surface area contributed by atoms with Gasteiger partial charge in [-0.25, -0.2) is 0 Å². The maximum atomic E-state index is 12.1. The summed E-state index contributed by atoms with van der Waals surface area (Å²) >= 11 is 0. The molecule has 20 heavy (non-hydrogen) atoms. The summed E-state index contributed by atoms with van der Waals surface area (Å²) in [6, 6.07) is 14.9. The minimum atomic E-state index is -1.31. The minimum absolute atomic E-state index is 0.0308. The van der Waals surface area contributed by atoms with Crippen LogP contribution in [0.1, 0.15) is 11.1 Å². The van der Waals surface area contributed by atoms with Gasteiger partial charge in [0.2, 0.25) is 5.91 Å². The average Bonchev–Trinajstić information content (AvgIpc) is 2.42. The van der Waals surface area contributed by atoms with Crippen LogP contribution in [0.3, 0.4) is 0 Å².